The summed E-state index contributed by atoms with van der Waals surface area (Å²) < 4.78 is 69.9. The molecule has 2 N–H and O–H groups in total. The first-order valence-corrected chi connectivity index (χ1v) is 8.53. The molecule has 3 aromatic rings. The van der Waals surface area contributed by atoms with Crippen LogP contribution in [0.5, 0.6) is 0 Å². The molecule has 3 rings (SSSR count). The van der Waals surface area contributed by atoms with Crippen molar-refractivity contribution in [1.29, 1.82) is 0 Å². The van der Waals surface area contributed by atoms with Crippen molar-refractivity contribution in [2.75, 3.05) is 6.54 Å². The highest BCUT2D eigenvalue weighted by Gasteiger charge is 2.32. The molecule has 0 aliphatic rings. The van der Waals surface area contributed by atoms with E-state index in [1.54, 1.807) is 0 Å². The Labute approximate surface area is 162 Å². The number of fused-ring (bicyclic) bond motifs is 1. The summed E-state index contributed by atoms with van der Waals surface area (Å²) in [6, 6.07) is 5.04. The first-order chi connectivity index (χ1) is 13.6. The lowest BCUT2D eigenvalue weighted by molar-refractivity contribution is -0.137. The molecule has 0 aliphatic carbocycles. The predicted molar refractivity (Wildman–Crippen MR) is 98.4 cm³/mol. The summed E-state index contributed by atoms with van der Waals surface area (Å²) in [7, 11) is 0. The van der Waals surface area contributed by atoms with Gasteiger partial charge in [0, 0.05) is 23.2 Å². The smallest absolute Gasteiger partial charge is 0.327 e. The number of hydrogen-bond donors (Lipinski definition) is 1. The van der Waals surface area contributed by atoms with Gasteiger partial charge in [-0.05, 0) is 43.3 Å². The third-order valence-corrected chi connectivity index (χ3v) is 4.38. The van der Waals surface area contributed by atoms with E-state index in [4.69, 9.17) is 5.73 Å². The molecule has 0 amide bonds. The number of nitrogens with two attached hydrogens (primary N) is 1. The number of rotatable bonds is 5. The summed E-state index contributed by atoms with van der Waals surface area (Å²) in [6.07, 6.45) is -2.46. The zero-order valence-corrected chi connectivity index (χ0v) is 15.2. The van der Waals surface area contributed by atoms with Gasteiger partial charge in [0.25, 0.3) is 0 Å². The Bertz CT molecular complexity index is 1120. The second kappa shape index (κ2) is 7.75. The number of carbonyl (C=O) groups is 1. The van der Waals surface area contributed by atoms with Gasteiger partial charge in [-0.2, -0.15) is 13.2 Å². The van der Waals surface area contributed by atoms with Crippen LogP contribution in [0.2, 0.25) is 0 Å². The van der Waals surface area contributed by atoms with Crippen LogP contribution in [0.25, 0.3) is 22.2 Å². The summed E-state index contributed by atoms with van der Waals surface area (Å²) in [5, 5.41) is 0. The fourth-order valence-electron chi connectivity index (χ4n) is 2.96. The fourth-order valence-corrected chi connectivity index (χ4v) is 2.96. The van der Waals surface area contributed by atoms with E-state index in [1.165, 1.54) is 30.0 Å². The summed E-state index contributed by atoms with van der Waals surface area (Å²) in [4.78, 5) is 15.7. The SMILES string of the molecule is CC(=O)c1ccc(F)c(-c2cc(C(F)(F)F)cc3c2ncn3CC(F)=CCN)c1. The van der Waals surface area contributed by atoms with Crippen molar-refractivity contribution < 1.29 is 26.7 Å². The Morgan fingerprint density at radius 1 is 1.21 bits per heavy atom. The van der Waals surface area contributed by atoms with Crippen LogP contribution in [0.1, 0.15) is 22.8 Å². The molecule has 0 fully saturated rings. The standard InChI is InChI=1S/C20H16F5N3O/c1-11(29)12-2-3-17(22)15(6-12)16-7-13(20(23,24)25)8-18-19(16)27-10-28(18)9-14(21)4-5-26/h2-4,6-8,10H,5,9,26H2,1H3. The van der Waals surface area contributed by atoms with Crippen LogP contribution in [0.4, 0.5) is 22.0 Å². The minimum Gasteiger partial charge on any atom is -0.327 e. The third kappa shape index (κ3) is 4.19. The van der Waals surface area contributed by atoms with E-state index in [-0.39, 0.29) is 46.6 Å². The second-order valence-corrected chi connectivity index (χ2v) is 6.40. The lowest BCUT2D eigenvalue weighted by Gasteiger charge is -2.13. The van der Waals surface area contributed by atoms with Gasteiger partial charge in [-0.15, -0.1) is 0 Å². The van der Waals surface area contributed by atoms with Crippen molar-refractivity contribution in [2.24, 2.45) is 5.73 Å². The van der Waals surface area contributed by atoms with Gasteiger partial charge in [0.1, 0.15) is 11.6 Å². The van der Waals surface area contributed by atoms with Crippen LogP contribution in [0, 0.1) is 5.82 Å². The molecule has 29 heavy (non-hydrogen) atoms. The van der Waals surface area contributed by atoms with E-state index in [2.05, 4.69) is 4.98 Å². The number of alkyl halides is 3. The summed E-state index contributed by atoms with van der Waals surface area (Å²) >= 11 is 0. The number of hydrogen-bond acceptors (Lipinski definition) is 3. The van der Waals surface area contributed by atoms with Gasteiger partial charge in [0.15, 0.2) is 5.78 Å². The summed E-state index contributed by atoms with van der Waals surface area (Å²) in [6.45, 7) is 0.824. The van der Waals surface area contributed by atoms with Crippen molar-refractivity contribution in [1.82, 2.24) is 9.55 Å². The number of aromatic nitrogens is 2. The van der Waals surface area contributed by atoms with Gasteiger partial charge in [-0.25, -0.2) is 13.8 Å². The van der Waals surface area contributed by atoms with Gasteiger partial charge in [-0.3, -0.25) is 4.79 Å². The molecule has 0 saturated heterocycles. The quantitative estimate of drug-likeness (QED) is 0.483. The van der Waals surface area contributed by atoms with Gasteiger partial charge in [-0.1, -0.05) is 0 Å². The first kappa shape index (κ1) is 20.7. The highest BCUT2D eigenvalue weighted by atomic mass is 19.4. The number of nitrogens with zero attached hydrogens (tertiary/aromatic N) is 2. The maximum Gasteiger partial charge on any atom is 0.416 e. The van der Waals surface area contributed by atoms with Gasteiger partial charge < -0.3 is 10.3 Å². The molecule has 152 valence electrons. The summed E-state index contributed by atoms with van der Waals surface area (Å²) in [5.74, 6) is -1.82. The van der Waals surface area contributed by atoms with Crippen molar-refractivity contribution in [3.63, 3.8) is 0 Å². The number of imidazole rings is 1. The lowest BCUT2D eigenvalue weighted by Crippen LogP contribution is -2.07. The molecule has 0 unspecified atom stereocenters. The van der Waals surface area contributed by atoms with Crippen LogP contribution < -0.4 is 5.73 Å². The van der Waals surface area contributed by atoms with Crippen molar-refractivity contribution in [3.8, 4) is 11.1 Å². The summed E-state index contributed by atoms with van der Waals surface area (Å²) in [5.41, 5.74) is 4.04. The molecule has 2 aromatic carbocycles. The number of halogens is 5. The Morgan fingerprint density at radius 3 is 2.55 bits per heavy atom. The number of ketones is 1. The number of Topliss-reactive ketones (excluding diaryl/α,β-unsaturated/α-hetero) is 1. The average molecular weight is 409 g/mol. The number of allylic oxidation sites excluding steroid dienone is 1. The Hall–Kier alpha value is -3.07. The molecule has 9 heteroatoms. The molecule has 0 bridgehead atoms. The van der Waals surface area contributed by atoms with Crippen molar-refractivity contribution in [2.45, 2.75) is 19.6 Å². The van der Waals surface area contributed by atoms with Gasteiger partial charge in [0.2, 0.25) is 0 Å². The maximum atomic E-state index is 14.5. The Kier molecular flexibility index (Phi) is 5.52. The topological polar surface area (TPSA) is 60.9 Å². The third-order valence-electron chi connectivity index (χ3n) is 4.38. The molecule has 0 radical (unpaired) electrons. The minimum absolute atomic E-state index is 0.0250. The van der Waals surface area contributed by atoms with E-state index in [1.807, 2.05) is 0 Å². The van der Waals surface area contributed by atoms with Crippen LogP contribution in [0.15, 0.2) is 48.6 Å². The zero-order valence-electron chi connectivity index (χ0n) is 15.2. The normalized spacial score (nSPS) is 12.6. The van der Waals surface area contributed by atoms with E-state index < -0.39 is 23.4 Å². The van der Waals surface area contributed by atoms with E-state index in [0.717, 1.165) is 24.3 Å². The van der Waals surface area contributed by atoms with Crippen molar-refractivity contribution in [3.05, 3.63) is 65.5 Å². The molecule has 1 aromatic heterocycles. The highest BCUT2D eigenvalue weighted by molar-refractivity contribution is 5.98. The van der Waals surface area contributed by atoms with Crippen LogP contribution in [-0.2, 0) is 12.7 Å². The van der Waals surface area contributed by atoms with Crippen LogP contribution >= 0.6 is 0 Å². The monoisotopic (exact) mass is 409 g/mol. The Morgan fingerprint density at radius 2 is 1.93 bits per heavy atom. The Balaban J connectivity index is 2.30. The van der Waals surface area contributed by atoms with Crippen molar-refractivity contribution >= 4 is 16.8 Å². The molecule has 0 saturated carbocycles. The van der Waals surface area contributed by atoms with E-state index in [0.29, 0.717) is 0 Å². The van der Waals surface area contributed by atoms with Gasteiger partial charge in [0.05, 0.1) is 29.5 Å². The number of carbonyl (C=O) groups excluding carboxylic acids is 1. The second-order valence-electron chi connectivity index (χ2n) is 6.40. The van der Waals surface area contributed by atoms with Crippen LogP contribution in [-0.4, -0.2) is 21.9 Å². The molecule has 4 nitrogen and oxygen atoms in total. The predicted octanol–water partition coefficient (Wildman–Crippen LogP) is 4.88. The highest BCUT2D eigenvalue weighted by Crippen LogP contribution is 2.38. The largest absolute Gasteiger partial charge is 0.416 e. The minimum atomic E-state index is -4.72. The lowest BCUT2D eigenvalue weighted by atomic mass is 9.97. The molecule has 0 aliphatic heterocycles. The van der Waals surface area contributed by atoms with Crippen LogP contribution in [0.3, 0.4) is 0 Å². The number of benzene rings is 2. The molecule has 1 heterocycles. The zero-order chi connectivity index (χ0) is 21.3. The fraction of sp³-hybridized carbons (Fsp3) is 0.200. The average Bonchev–Trinajstić information content (AvgIpc) is 3.03. The molecule has 0 atom stereocenters. The molecular formula is C20H16F5N3O. The first-order valence-electron chi connectivity index (χ1n) is 8.53. The molecule has 0 spiro atoms. The molecular weight excluding hydrogens is 393 g/mol. The maximum absolute atomic E-state index is 14.5. The van der Waals surface area contributed by atoms with Gasteiger partial charge >= 0.3 is 6.18 Å². The van der Waals surface area contributed by atoms with E-state index >= 15 is 0 Å². The van der Waals surface area contributed by atoms with E-state index in [9.17, 15) is 26.7 Å².